The van der Waals surface area contributed by atoms with Gasteiger partial charge in [0.1, 0.15) is 5.01 Å². The predicted octanol–water partition coefficient (Wildman–Crippen LogP) is 3.91. The molecule has 0 aliphatic heterocycles. The number of hydrogen-bond donors (Lipinski definition) is 1. The third kappa shape index (κ3) is 3.13. The van der Waals surface area contributed by atoms with E-state index in [2.05, 4.69) is 38.4 Å². The van der Waals surface area contributed by atoms with Gasteiger partial charge in [-0.25, -0.2) is 4.98 Å². The molecule has 0 amide bonds. The van der Waals surface area contributed by atoms with Gasteiger partial charge in [0.25, 0.3) is 0 Å². The molecule has 0 aliphatic carbocycles. The standard InChI is InChI=1S/C11H13BrN2S2/c1-7(13)2-3-8-6-15-11(14-8)9-4-5-10(12)16-9/h4-7H,2-3,13H2,1H3. The molecule has 2 heterocycles. The third-order valence-electron chi connectivity index (χ3n) is 2.19. The lowest BCUT2D eigenvalue weighted by Crippen LogP contribution is -2.15. The second kappa shape index (κ2) is 5.40. The van der Waals surface area contributed by atoms with E-state index in [0.29, 0.717) is 0 Å². The van der Waals surface area contributed by atoms with E-state index in [-0.39, 0.29) is 6.04 Å². The molecule has 0 saturated carbocycles. The first kappa shape index (κ1) is 12.2. The number of thiazole rings is 1. The fourth-order valence-corrected chi connectivity index (χ4v) is 3.65. The molecule has 2 N–H and O–H groups in total. The maximum absolute atomic E-state index is 5.73. The normalized spacial score (nSPS) is 12.9. The first-order valence-electron chi connectivity index (χ1n) is 5.11. The number of rotatable bonds is 4. The van der Waals surface area contributed by atoms with Crippen LogP contribution in [0.15, 0.2) is 21.3 Å². The van der Waals surface area contributed by atoms with Crippen LogP contribution in [0.4, 0.5) is 0 Å². The van der Waals surface area contributed by atoms with E-state index in [1.807, 2.05) is 6.92 Å². The maximum Gasteiger partial charge on any atom is 0.133 e. The van der Waals surface area contributed by atoms with Crippen molar-refractivity contribution in [3.8, 4) is 9.88 Å². The second-order valence-corrected chi connectivity index (χ2v) is 7.08. The van der Waals surface area contributed by atoms with Crippen molar-refractivity contribution in [1.82, 2.24) is 4.98 Å². The first-order chi connectivity index (χ1) is 7.65. The zero-order valence-corrected chi connectivity index (χ0v) is 12.2. The summed E-state index contributed by atoms with van der Waals surface area (Å²) in [5.41, 5.74) is 6.89. The summed E-state index contributed by atoms with van der Waals surface area (Å²) in [5.74, 6) is 0. The van der Waals surface area contributed by atoms with Gasteiger partial charge in [-0.15, -0.1) is 22.7 Å². The van der Waals surface area contributed by atoms with Crippen molar-refractivity contribution in [2.45, 2.75) is 25.8 Å². The van der Waals surface area contributed by atoms with Gasteiger partial charge in [-0.2, -0.15) is 0 Å². The highest BCUT2D eigenvalue weighted by Gasteiger charge is 2.07. The number of nitrogens with zero attached hydrogens (tertiary/aromatic N) is 1. The Morgan fingerprint density at radius 1 is 1.50 bits per heavy atom. The van der Waals surface area contributed by atoms with Crippen molar-refractivity contribution in [2.24, 2.45) is 5.73 Å². The van der Waals surface area contributed by atoms with Crippen LogP contribution >= 0.6 is 38.6 Å². The lowest BCUT2D eigenvalue weighted by molar-refractivity contribution is 0.660. The van der Waals surface area contributed by atoms with Crippen molar-refractivity contribution >= 4 is 38.6 Å². The largest absolute Gasteiger partial charge is 0.328 e. The highest BCUT2D eigenvalue weighted by molar-refractivity contribution is 9.11. The minimum absolute atomic E-state index is 0.251. The van der Waals surface area contributed by atoms with Gasteiger partial charge >= 0.3 is 0 Å². The fraction of sp³-hybridized carbons (Fsp3) is 0.364. The number of hydrogen-bond acceptors (Lipinski definition) is 4. The molecule has 1 atom stereocenters. The molecule has 2 nitrogen and oxygen atoms in total. The maximum atomic E-state index is 5.73. The van der Waals surface area contributed by atoms with E-state index >= 15 is 0 Å². The van der Waals surface area contributed by atoms with E-state index in [0.717, 1.165) is 27.3 Å². The average molecular weight is 317 g/mol. The molecule has 0 fully saturated rings. The summed E-state index contributed by atoms with van der Waals surface area (Å²) in [6, 6.07) is 4.41. The van der Waals surface area contributed by atoms with E-state index in [1.54, 1.807) is 22.7 Å². The van der Waals surface area contributed by atoms with E-state index in [1.165, 1.54) is 4.88 Å². The molecular formula is C11H13BrN2S2. The average Bonchev–Trinajstić information content (AvgIpc) is 2.83. The molecule has 0 radical (unpaired) electrons. The Hall–Kier alpha value is -0.230. The Labute approximate surface area is 112 Å². The Balaban J connectivity index is 2.07. The SMILES string of the molecule is CC(N)CCc1csc(-c2ccc(Br)s2)n1. The fourth-order valence-electron chi connectivity index (χ4n) is 1.34. The van der Waals surface area contributed by atoms with Crippen molar-refractivity contribution in [3.05, 3.63) is 27.0 Å². The van der Waals surface area contributed by atoms with Gasteiger partial charge in [0, 0.05) is 11.4 Å². The molecule has 0 aromatic carbocycles. The summed E-state index contributed by atoms with van der Waals surface area (Å²) in [7, 11) is 0. The van der Waals surface area contributed by atoms with E-state index < -0.39 is 0 Å². The Kier molecular flexibility index (Phi) is 4.13. The summed E-state index contributed by atoms with van der Waals surface area (Å²) in [5, 5.41) is 3.24. The summed E-state index contributed by atoms with van der Waals surface area (Å²) in [6.07, 6.45) is 1.97. The van der Waals surface area contributed by atoms with Gasteiger partial charge in [0.15, 0.2) is 0 Å². The molecule has 0 aliphatic rings. The minimum Gasteiger partial charge on any atom is -0.328 e. The Morgan fingerprint density at radius 3 is 2.94 bits per heavy atom. The molecule has 0 saturated heterocycles. The van der Waals surface area contributed by atoms with Crippen LogP contribution in [0.5, 0.6) is 0 Å². The van der Waals surface area contributed by atoms with Crippen LogP contribution in [0, 0.1) is 0 Å². The highest BCUT2D eigenvalue weighted by atomic mass is 79.9. The molecular weight excluding hydrogens is 304 g/mol. The number of nitrogens with two attached hydrogens (primary N) is 1. The number of halogens is 1. The second-order valence-electron chi connectivity index (χ2n) is 3.76. The number of aromatic nitrogens is 1. The molecule has 2 rings (SSSR count). The summed E-state index contributed by atoms with van der Waals surface area (Å²) < 4.78 is 1.15. The van der Waals surface area contributed by atoms with Crippen molar-refractivity contribution in [1.29, 1.82) is 0 Å². The van der Waals surface area contributed by atoms with Crippen LogP contribution < -0.4 is 5.73 Å². The summed E-state index contributed by atoms with van der Waals surface area (Å²) in [4.78, 5) is 5.84. The van der Waals surface area contributed by atoms with Gasteiger partial charge in [-0.05, 0) is 47.8 Å². The van der Waals surface area contributed by atoms with Crippen LogP contribution in [0.3, 0.4) is 0 Å². The Morgan fingerprint density at radius 2 is 2.31 bits per heavy atom. The molecule has 86 valence electrons. The predicted molar refractivity (Wildman–Crippen MR) is 75.1 cm³/mol. The molecule has 2 aromatic rings. The summed E-state index contributed by atoms with van der Waals surface area (Å²) in [6.45, 7) is 2.03. The zero-order chi connectivity index (χ0) is 11.5. The van der Waals surface area contributed by atoms with Crippen molar-refractivity contribution < 1.29 is 0 Å². The number of thiophene rings is 1. The molecule has 0 spiro atoms. The van der Waals surface area contributed by atoms with Gasteiger partial charge < -0.3 is 5.73 Å². The van der Waals surface area contributed by atoms with Crippen LogP contribution in [0.2, 0.25) is 0 Å². The van der Waals surface area contributed by atoms with Crippen molar-refractivity contribution in [2.75, 3.05) is 0 Å². The topological polar surface area (TPSA) is 38.9 Å². The lowest BCUT2D eigenvalue weighted by atomic mass is 10.2. The van der Waals surface area contributed by atoms with Gasteiger partial charge in [-0.3, -0.25) is 0 Å². The molecule has 1 unspecified atom stereocenters. The summed E-state index contributed by atoms with van der Waals surface area (Å²) >= 11 is 6.89. The van der Waals surface area contributed by atoms with Crippen molar-refractivity contribution in [3.63, 3.8) is 0 Å². The smallest absolute Gasteiger partial charge is 0.133 e. The van der Waals surface area contributed by atoms with Crippen LogP contribution in [0.1, 0.15) is 19.0 Å². The first-order valence-corrected chi connectivity index (χ1v) is 7.60. The van der Waals surface area contributed by atoms with Crippen LogP contribution in [-0.4, -0.2) is 11.0 Å². The number of aryl methyl sites for hydroxylation is 1. The Bertz CT molecular complexity index is 462. The quantitative estimate of drug-likeness (QED) is 0.928. The highest BCUT2D eigenvalue weighted by Crippen LogP contribution is 2.33. The van der Waals surface area contributed by atoms with Crippen LogP contribution in [-0.2, 0) is 6.42 Å². The van der Waals surface area contributed by atoms with Gasteiger partial charge in [-0.1, -0.05) is 0 Å². The minimum atomic E-state index is 0.251. The molecule has 16 heavy (non-hydrogen) atoms. The van der Waals surface area contributed by atoms with Gasteiger partial charge in [0.2, 0.25) is 0 Å². The van der Waals surface area contributed by atoms with E-state index in [9.17, 15) is 0 Å². The third-order valence-corrected chi connectivity index (χ3v) is 4.88. The van der Waals surface area contributed by atoms with E-state index in [4.69, 9.17) is 5.73 Å². The van der Waals surface area contributed by atoms with Crippen LogP contribution in [0.25, 0.3) is 9.88 Å². The monoisotopic (exact) mass is 316 g/mol. The lowest BCUT2D eigenvalue weighted by Gasteiger charge is -2.00. The molecule has 2 aromatic heterocycles. The molecule has 0 bridgehead atoms. The zero-order valence-electron chi connectivity index (χ0n) is 8.94. The molecule has 5 heteroatoms. The van der Waals surface area contributed by atoms with Gasteiger partial charge in [0.05, 0.1) is 14.4 Å².